The Morgan fingerprint density at radius 2 is 2.04 bits per heavy atom. The number of nitrogens with one attached hydrogen (secondary N) is 2. The Morgan fingerprint density at radius 1 is 1.23 bits per heavy atom. The highest BCUT2D eigenvalue weighted by Crippen LogP contribution is 2.30. The Morgan fingerprint density at radius 3 is 2.69 bits per heavy atom. The molecule has 9 heteroatoms. The molecule has 0 unspecified atom stereocenters. The number of aromatic nitrogens is 3. The Bertz CT molecular complexity index is 704. The van der Waals surface area contributed by atoms with E-state index in [2.05, 4.69) is 32.7 Å². The van der Waals surface area contributed by atoms with Gasteiger partial charge in [-0.05, 0) is 6.07 Å². The second-order valence-electron chi connectivity index (χ2n) is 5.30. The van der Waals surface area contributed by atoms with Crippen LogP contribution < -0.4 is 20.1 Å². The molecule has 1 aromatic carbocycles. The van der Waals surface area contributed by atoms with E-state index < -0.39 is 0 Å². The van der Waals surface area contributed by atoms with Gasteiger partial charge in [-0.25, -0.2) is 0 Å². The number of methoxy groups -OCH3 is 2. The van der Waals surface area contributed by atoms with Gasteiger partial charge < -0.3 is 24.7 Å². The Kier molecular flexibility index (Phi) is 9.78. The lowest BCUT2D eigenvalue weighted by atomic mass is 10.2. The van der Waals surface area contributed by atoms with Gasteiger partial charge in [0.05, 0.1) is 14.2 Å². The van der Waals surface area contributed by atoms with Gasteiger partial charge in [-0.1, -0.05) is 19.1 Å². The second kappa shape index (κ2) is 11.6. The summed E-state index contributed by atoms with van der Waals surface area (Å²) >= 11 is 0. The fourth-order valence-corrected chi connectivity index (χ4v) is 2.53. The molecule has 1 aromatic heterocycles. The Balaban J connectivity index is 0.00000338. The van der Waals surface area contributed by atoms with Crippen LogP contribution in [0.25, 0.3) is 0 Å². The summed E-state index contributed by atoms with van der Waals surface area (Å²) in [6.07, 6.45) is 2.61. The third-order valence-electron chi connectivity index (χ3n) is 3.81. The van der Waals surface area contributed by atoms with Gasteiger partial charge in [0.1, 0.15) is 12.2 Å². The van der Waals surface area contributed by atoms with Gasteiger partial charge >= 0.3 is 0 Å². The van der Waals surface area contributed by atoms with Gasteiger partial charge in [0.2, 0.25) is 0 Å². The molecule has 1 heterocycles. The van der Waals surface area contributed by atoms with Crippen molar-refractivity contribution >= 4 is 29.9 Å². The number of aryl methyl sites for hydroxylation is 1. The molecule has 0 amide bonds. The van der Waals surface area contributed by atoms with Crippen molar-refractivity contribution in [2.45, 2.75) is 26.4 Å². The van der Waals surface area contributed by atoms with Gasteiger partial charge in [0, 0.05) is 38.7 Å². The van der Waals surface area contributed by atoms with Crippen LogP contribution in [0, 0.1) is 0 Å². The van der Waals surface area contributed by atoms with E-state index in [9.17, 15) is 0 Å². The molecule has 8 nitrogen and oxygen atoms in total. The first-order valence-electron chi connectivity index (χ1n) is 8.24. The number of guanidine groups is 1. The SMILES string of the molecule is CCc1nncn1CCNC(=NC)NCc1cccc(OC)c1OC.I. The quantitative estimate of drug-likeness (QED) is 0.345. The summed E-state index contributed by atoms with van der Waals surface area (Å²) in [5.74, 6) is 3.14. The van der Waals surface area contributed by atoms with Crippen LogP contribution in [-0.2, 0) is 19.5 Å². The number of hydrogen-bond donors (Lipinski definition) is 2. The van der Waals surface area contributed by atoms with E-state index in [-0.39, 0.29) is 24.0 Å². The molecule has 26 heavy (non-hydrogen) atoms. The number of para-hydroxylation sites is 1. The van der Waals surface area contributed by atoms with Crippen molar-refractivity contribution in [2.24, 2.45) is 4.99 Å². The average Bonchev–Trinajstić information content (AvgIpc) is 3.11. The van der Waals surface area contributed by atoms with E-state index in [1.165, 1.54) is 0 Å². The van der Waals surface area contributed by atoms with Gasteiger partial charge in [0.25, 0.3) is 0 Å². The normalized spacial score (nSPS) is 10.8. The standard InChI is InChI=1S/C17H26N6O2.HI/c1-5-15-22-21-12-23(15)10-9-19-17(18-2)20-11-13-7-6-8-14(24-3)16(13)25-4;/h6-8,12H,5,9-11H2,1-4H3,(H2,18,19,20);1H. The van der Waals surface area contributed by atoms with E-state index in [0.717, 1.165) is 42.6 Å². The molecule has 0 spiro atoms. The van der Waals surface area contributed by atoms with Gasteiger partial charge in [-0.2, -0.15) is 0 Å². The third-order valence-corrected chi connectivity index (χ3v) is 3.81. The van der Waals surface area contributed by atoms with Crippen molar-refractivity contribution in [1.82, 2.24) is 25.4 Å². The molecule has 0 aliphatic rings. The summed E-state index contributed by atoms with van der Waals surface area (Å²) in [6.45, 7) is 4.14. The van der Waals surface area contributed by atoms with Crippen LogP contribution in [0.3, 0.4) is 0 Å². The first-order chi connectivity index (χ1) is 12.2. The molecule has 0 saturated heterocycles. The van der Waals surface area contributed by atoms with E-state index in [1.807, 2.05) is 22.8 Å². The second-order valence-corrected chi connectivity index (χ2v) is 5.30. The maximum absolute atomic E-state index is 5.45. The molecule has 2 aromatic rings. The molecule has 0 atom stereocenters. The zero-order valence-electron chi connectivity index (χ0n) is 15.7. The molecule has 2 rings (SSSR count). The molecule has 0 saturated carbocycles. The number of halogens is 1. The largest absolute Gasteiger partial charge is 0.493 e. The Hall–Kier alpha value is -2.04. The van der Waals surface area contributed by atoms with E-state index >= 15 is 0 Å². The third kappa shape index (κ3) is 5.75. The van der Waals surface area contributed by atoms with Crippen LogP contribution >= 0.6 is 24.0 Å². The van der Waals surface area contributed by atoms with E-state index in [0.29, 0.717) is 12.3 Å². The number of hydrogen-bond acceptors (Lipinski definition) is 5. The molecule has 0 aliphatic heterocycles. The molecule has 0 bridgehead atoms. The fraction of sp³-hybridized carbons (Fsp3) is 0.471. The Labute approximate surface area is 171 Å². The highest BCUT2D eigenvalue weighted by molar-refractivity contribution is 14.0. The predicted molar refractivity (Wildman–Crippen MR) is 113 cm³/mol. The number of rotatable bonds is 8. The van der Waals surface area contributed by atoms with Crippen LogP contribution in [0.5, 0.6) is 11.5 Å². The van der Waals surface area contributed by atoms with Crippen LogP contribution in [0.4, 0.5) is 0 Å². The fourth-order valence-electron chi connectivity index (χ4n) is 2.53. The minimum atomic E-state index is 0. The summed E-state index contributed by atoms with van der Waals surface area (Å²) in [5, 5.41) is 14.6. The van der Waals surface area contributed by atoms with Crippen molar-refractivity contribution in [2.75, 3.05) is 27.8 Å². The zero-order valence-corrected chi connectivity index (χ0v) is 18.0. The van der Waals surface area contributed by atoms with Crippen molar-refractivity contribution in [3.8, 4) is 11.5 Å². The van der Waals surface area contributed by atoms with Crippen LogP contribution in [-0.4, -0.2) is 48.5 Å². The topological polar surface area (TPSA) is 85.6 Å². The minimum Gasteiger partial charge on any atom is -0.493 e. The highest BCUT2D eigenvalue weighted by Gasteiger charge is 2.10. The number of ether oxygens (including phenoxy) is 2. The minimum absolute atomic E-state index is 0. The highest BCUT2D eigenvalue weighted by atomic mass is 127. The lowest BCUT2D eigenvalue weighted by molar-refractivity contribution is 0.351. The van der Waals surface area contributed by atoms with Crippen molar-refractivity contribution in [1.29, 1.82) is 0 Å². The first-order valence-corrected chi connectivity index (χ1v) is 8.24. The monoisotopic (exact) mass is 474 g/mol. The first kappa shape index (κ1) is 22.0. The number of benzene rings is 1. The van der Waals surface area contributed by atoms with Crippen molar-refractivity contribution < 1.29 is 9.47 Å². The van der Waals surface area contributed by atoms with Crippen LogP contribution in [0.1, 0.15) is 18.3 Å². The lowest BCUT2D eigenvalue weighted by Crippen LogP contribution is -2.38. The predicted octanol–water partition coefficient (Wildman–Crippen LogP) is 1.84. The summed E-state index contributed by atoms with van der Waals surface area (Å²) in [5.41, 5.74) is 0.997. The van der Waals surface area contributed by atoms with Gasteiger partial charge in [0.15, 0.2) is 17.5 Å². The van der Waals surface area contributed by atoms with Crippen LogP contribution in [0.2, 0.25) is 0 Å². The lowest BCUT2D eigenvalue weighted by Gasteiger charge is -2.15. The van der Waals surface area contributed by atoms with Crippen molar-refractivity contribution in [3.05, 3.63) is 35.9 Å². The smallest absolute Gasteiger partial charge is 0.191 e. The van der Waals surface area contributed by atoms with E-state index in [1.54, 1.807) is 27.6 Å². The average molecular weight is 474 g/mol. The summed E-state index contributed by atoms with van der Waals surface area (Å²) < 4.78 is 12.8. The zero-order chi connectivity index (χ0) is 18.1. The molecule has 144 valence electrons. The molecule has 0 fully saturated rings. The van der Waals surface area contributed by atoms with Crippen LogP contribution in [0.15, 0.2) is 29.5 Å². The molecular formula is C17H27IN6O2. The maximum Gasteiger partial charge on any atom is 0.191 e. The summed E-state index contributed by atoms with van der Waals surface area (Å²) in [4.78, 5) is 4.24. The number of nitrogens with zero attached hydrogens (tertiary/aromatic N) is 4. The van der Waals surface area contributed by atoms with E-state index in [4.69, 9.17) is 9.47 Å². The molecule has 2 N–H and O–H groups in total. The van der Waals surface area contributed by atoms with Crippen molar-refractivity contribution in [3.63, 3.8) is 0 Å². The summed E-state index contributed by atoms with van der Waals surface area (Å²) in [6, 6.07) is 5.80. The summed E-state index contributed by atoms with van der Waals surface area (Å²) in [7, 11) is 5.01. The molecule has 0 aliphatic carbocycles. The van der Waals surface area contributed by atoms with Gasteiger partial charge in [-0.15, -0.1) is 34.2 Å². The number of aliphatic imine (C=N–C) groups is 1. The maximum atomic E-state index is 5.45. The molecule has 0 radical (unpaired) electrons. The van der Waals surface area contributed by atoms with Gasteiger partial charge in [-0.3, -0.25) is 4.99 Å². The molecular weight excluding hydrogens is 447 g/mol.